The van der Waals surface area contributed by atoms with Gasteiger partial charge in [0.1, 0.15) is 5.82 Å². The Balaban J connectivity index is 1.30. The molecule has 1 atom stereocenters. The van der Waals surface area contributed by atoms with E-state index in [1.807, 2.05) is 82.8 Å². The molecule has 0 radical (unpaired) electrons. The van der Waals surface area contributed by atoms with E-state index in [0.717, 1.165) is 23.5 Å². The molecule has 1 aliphatic rings. The second kappa shape index (κ2) is 11.1. The number of piperazine rings is 1. The lowest BCUT2D eigenvalue weighted by Gasteiger charge is -2.40. The number of aryl methyl sites for hydroxylation is 2. The first-order valence-corrected chi connectivity index (χ1v) is 12.7. The van der Waals surface area contributed by atoms with Gasteiger partial charge in [-0.15, -0.1) is 10.2 Å². The first kappa shape index (κ1) is 24.3. The van der Waals surface area contributed by atoms with E-state index >= 15 is 0 Å². The lowest BCUT2D eigenvalue weighted by atomic mass is 10.1. The van der Waals surface area contributed by atoms with E-state index in [4.69, 9.17) is 11.6 Å². The number of benzene rings is 2. The van der Waals surface area contributed by atoms with Crippen molar-refractivity contribution in [3.8, 4) is 5.69 Å². The minimum absolute atomic E-state index is 0.0108. The zero-order valence-electron chi connectivity index (χ0n) is 19.4. The van der Waals surface area contributed by atoms with Gasteiger partial charge in [0.2, 0.25) is 11.8 Å². The highest BCUT2D eigenvalue weighted by Crippen LogP contribution is 2.24. The molecule has 3 aromatic rings. The van der Waals surface area contributed by atoms with E-state index < -0.39 is 0 Å². The summed E-state index contributed by atoms with van der Waals surface area (Å²) in [5.41, 5.74) is 2.02. The van der Waals surface area contributed by atoms with Gasteiger partial charge in [-0.2, -0.15) is 0 Å². The molecule has 0 N–H and O–H groups in total. The molecule has 2 heterocycles. The van der Waals surface area contributed by atoms with Gasteiger partial charge in [0.05, 0.1) is 11.4 Å². The summed E-state index contributed by atoms with van der Waals surface area (Å²) in [6, 6.07) is 17.5. The Labute approximate surface area is 209 Å². The van der Waals surface area contributed by atoms with Crippen molar-refractivity contribution in [3.05, 3.63) is 71.0 Å². The summed E-state index contributed by atoms with van der Waals surface area (Å²) in [4.78, 5) is 29.4. The molecule has 1 fully saturated rings. The van der Waals surface area contributed by atoms with Crippen molar-refractivity contribution < 1.29 is 9.59 Å². The third-order valence-corrected chi connectivity index (χ3v) is 7.11. The molecular weight excluding hydrogens is 470 g/mol. The Hall–Kier alpha value is -2.84. The fourth-order valence-corrected chi connectivity index (χ4v) is 5.25. The monoisotopic (exact) mass is 497 g/mol. The molecule has 1 aliphatic heterocycles. The van der Waals surface area contributed by atoms with Crippen molar-refractivity contribution >= 4 is 35.2 Å². The summed E-state index contributed by atoms with van der Waals surface area (Å²) in [7, 11) is 0. The van der Waals surface area contributed by atoms with Crippen molar-refractivity contribution in [3.63, 3.8) is 0 Å². The van der Waals surface area contributed by atoms with Crippen molar-refractivity contribution in [2.45, 2.75) is 37.9 Å². The number of hydrogen-bond donors (Lipinski definition) is 0. The first-order chi connectivity index (χ1) is 16.4. The van der Waals surface area contributed by atoms with Gasteiger partial charge in [0.15, 0.2) is 5.16 Å². The average molecular weight is 498 g/mol. The Bertz CT molecular complexity index is 1150. The van der Waals surface area contributed by atoms with E-state index in [0.29, 0.717) is 36.2 Å². The molecular formula is C25H28ClN5O2S. The molecule has 0 saturated carbocycles. The normalized spacial score (nSPS) is 16.0. The maximum absolute atomic E-state index is 12.9. The first-order valence-electron chi connectivity index (χ1n) is 11.3. The fraction of sp³-hybridized carbons (Fsp3) is 0.360. The molecule has 0 bridgehead atoms. The predicted octanol–water partition coefficient (Wildman–Crippen LogP) is 4.01. The SMILES string of the molecule is Cc1nnc(SCC(=O)N2CCN(C(=O)CCc3ccccc3)C(C)C2)n1-c1cccc(Cl)c1. The van der Waals surface area contributed by atoms with Crippen LogP contribution in [0.5, 0.6) is 0 Å². The van der Waals surface area contributed by atoms with Crippen LogP contribution in [0.1, 0.15) is 24.7 Å². The molecule has 178 valence electrons. The number of aromatic nitrogens is 3. The van der Waals surface area contributed by atoms with Crippen LogP contribution in [-0.2, 0) is 16.0 Å². The van der Waals surface area contributed by atoms with Crippen LogP contribution < -0.4 is 0 Å². The third-order valence-electron chi connectivity index (χ3n) is 5.96. The largest absolute Gasteiger partial charge is 0.338 e. The number of nitrogens with zero attached hydrogens (tertiary/aromatic N) is 5. The average Bonchev–Trinajstić information content (AvgIpc) is 3.21. The third kappa shape index (κ3) is 5.80. The molecule has 4 rings (SSSR count). The number of halogens is 1. The lowest BCUT2D eigenvalue weighted by molar-refractivity contribution is -0.141. The predicted molar refractivity (Wildman–Crippen MR) is 134 cm³/mol. The minimum Gasteiger partial charge on any atom is -0.338 e. The van der Waals surface area contributed by atoms with E-state index in [9.17, 15) is 9.59 Å². The Morgan fingerprint density at radius 1 is 1.06 bits per heavy atom. The topological polar surface area (TPSA) is 71.3 Å². The second-order valence-corrected chi connectivity index (χ2v) is 9.77. The second-order valence-electron chi connectivity index (χ2n) is 8.40. The number of rotatable bonds is 7. The summed E-state index contributed by atoms with van der Waals surface area (Å²) in [6.07, 6.45) is 1.21. The van der Waals surface area contributed by atoms with Crippen LogP contribution in [0.4, 0.5) is 0 Å². The number of carbonyl (C=O) groups excluding carboxylic acids is 2. The zero-order valence-corrected chi connectivity index (χ0v) is 20.9. The highest BCUT2D eigenvalue weighted by Gasteiger charge is 2.29. The fourth-order valence-electron chi connectivity index (χ4n) is 4.16. The van der Waals surface area contributed by atoms with Crippen LogP contribution in [0.2, 0.25) is 5.02 Å². The number of amides is 2. The van der Waals surface area contributed by atoms with Crippen LogP contribution in [0.3, 0.4) is 0 Å². The lowest BCUT2D eigenvalue weighted by Crippen LogP contribution is -2.55. The molecule has 9 heteroatoms. The summed E-state index contributed by atoms with van der Waals surface area (Å²) in [5, 5.41) is 9.69. The molecule has 7 nitrogen and oxygen atoms in total. The van der Waals surface area contributed by atoms with E-state index in [1.54, 1.807) is 0 Å². The van der Waals surface area contributed by atoms with E-state index in [2.05, 4.69) is 10.2 Å². The van der Waals surface area contributed by atoms with Crippen LogP contribution in [0.15, 0.2) is 59.8 Å². The van der Waals surface area contributed by atoms with E-state index in [-0.39, 0.29) is 23.6 Å². The van der Waals surface area contributed by atoms with Crippen molar-refractivity contribution in [2.24, 2.45) is 0 Å². The van der Waals surface area contributed by atoms with Gasteiger partial charge in [-0.3, -0.25) is 14.2 Å². The minimum atomic E-state index is -0.0108. The van der Waals surface area contributed by atoms with E-state index in [1.165, 1.54) is 11.8 Å². The van der Waals surface area contributed by atoms with Gasteiger partial charge in [0.25, 0.3) is 0 Å². The quantitative estimate of drug-likeness (QED) is 0.461. The summed E-state index contributed by atoms with van der Waals surface area (Å²) in [5.74, 6) is 1.16. The van der Waals surface area contributed by atoms with Crippen LogP contribution in [0, 0.1) is 6.92 Å². The Morgan fingerprint density at radius 2 is 1.85 bits per heavy atom. The van der Waals surface area contributed by atoms with Gasteiger partial charge in [-0.1, -0.05) is 59.8 Å². The number of carbonyl (C=O) groups is 2. The molecule has 0 spiro atoms. The molecule has 1 aromatic heterocycles. The maximum atomic E-state index is 12.9. The van der Waals surface area contributed by atoms with Gasteiger partial charge in [-0.25, -0.2) is 0 Å². The summed E-state index contributed by atoms with van der Waals surface area (Å²) >= 11 is 7.50. The van der Waals surface area contributed by atoms with Crippen LogP contribution in [-0.4, -0.2) is 67.8 Å². The molecule has 2 aromatic carbocycles. The molecule has 1 unspecified atom stereocenters. The van der Waals surface area contributed by atoms with Crippen LogP contribution >= 0.6 is 23.4 Å². The molecule has 34 heavy (non-hydrogen) atoms. The Kier molecular flexibility index (Phi) is 7.90. The molecule has 0 aliphatic carbocycles. The van der Waals surface area contributed by atoms with Gasteiger partial charge in [0, 0.05) is 37.1 Å². The van der Waals surface area contributed by atoms with Crippen molar-refractivity contribution in [2.75, 3.05) is 25.4 Å². The molecule has 1 saturated heterocycles. The summed E-state index contributed by atoms with van der Waals surface area (Å²) in [6.45, 7) is 5.52. The van der Waals surface area contributed by atoms with Gasteiger partial charge in [-0.05, 0) is 44.0 Å². The maximum Gasteiger partial charge on any atom is 0.233 e. The highest BCUT2D eigenvalue weighted by atomic mass is 35.5. The standard InChI is InChI=1S/C25H28ClN5O2S/c1-18-16-29(13-14-30(18)23(32)12-11-20-7-4-3-5-8-20)24(33)17-34-25-28-27-19(2)31(25)22-10-6-9-21(26)15-22/h3-10,15,18H,11-14,16-17H2,1-2H3. The van der Waals surface area contributed by atoms with Crippen LogP contribution in [0.25, 0.3) is 5.69 Å². The van der Waals surface area contributed by atoms with Crippen molar-refractivity contribution in [1.29, 1.82) is 0 Å². The highest BCUT2D eigenvalue weighted by molar-refractivity contribution is 7.99. The Morgan fingerprint density at radius 3 is 2.59 bits per heavy atom. The number of hydrogen-bond acceptors (Lipinski definition) is 5. The van der Waals surface area contributed by atoms with Gasteiger partial charge < -0.3 is 9.80 Å². The summed E-state index contributed by atoms with van der Waals surface area (Å²) < 4.78 is 1.90. The smallest absolute Gasteiger partial charge is 0.233 e. The zero-order chi connectivity index (χ0) is 24.1. The number of thioether (sulfide) groups is 1. The van der Waals surface area contributed by atoms with Gasteiger partial charge >= 0.3 is 0 Å². The van der Waals surface area contributed by atoms with Crippen molar-refractivity contribution in [1.82, 2.24) is 24.6 Å². The molecule has 2 amide bonds.